The number of nitriles is 1. The van der Waals surface area contributed by atoms with Crippen LogP contribution in [-0.2, 0) is 5.60 Å². The molecule has 2 rings (SSSR count). The summed E-state index contributed by atoms with van der Waals surface area (Å²) in [5.41, 5.74) is -0.218. The molecular weight excluding hydrogens is 214 g/mol. The van der Waals surface area contributed by atoms with Gasteiger partial charge >= 0.3 is 0 Å². The fourth-order valence-electron chi connectivity index (χ4n) is 2.57. The van der Waals surface area contributed by atoms with E-state index in [1.54, 1.807) is 7.11 Å². The minimum atomic E-state index is -1.01. The van der Waals surface area contributed by atoms with Gasteiger partial charge in [-0.2, -0.15) is 5.26 Å². The zero-order valence-electron chi connectivity index (χ0n) is 10.0. The van der Waals surface area contributed by atoms with Crippen LogP contribution in [-0.4, -0.2) is 12.2 Å². The van der Waals surface area contributed by atoms with Crippen molar-refractivity contribution in [2.24, 2.45) is 5.92 Å². The molecule has 0 unspecified atom stereocenters. The van der Waals surface area contributed by atoms with Crippen LogP contribution in [0.1, 0.15) is 31.2 Å². The van der Waals surface area contributed by atoms with Crippen molar-refractivity contribution in [3.05, 3.63) is 29.8 Å². The van der Waals surface area contributed by atoms with Crippen molar-refractivity contribution < 1.29 is 9.84 Å². The summed E-state index contributed by atoms with van der Waals surface area (Å²) in [7, 11) is 1.60. The second-order valence-corrected chi connectivity index (χ2v) is 4.58. The van der Waals surface area contributed by atoms with Crippen LogP contribution in [0, 0.1) is 17.2 Å². The van der Waals surface area contributed by atoms with E-state index in [1.807, 2.05) is 24.3 Å². The third-order valence-electron chi connectivity index (χ3n) is 3.60. The summed E-state index contributed by atoms with van der Waals surface area (Å²) in [4.78, 5) is 0. The van der Waals surface area contributed by atoms with Crippen LogP contribution in [0.25, 0.3) is 0 Å². The Hall–Kier alpha value is -1.53. The summed E-state index contributed by atoms with van der Waals surface area (Å²) in [6.07, 6.45) is 3.40. The molecule has 1 saturated carbocycles. The second kappa shape index (κ2) is 4.77. The molecule has 0 amide bonds. The van der Waals surface area contributed by atoms with Gasteiger partial charge in [-0.3, -0.25) is 0 Å². The van der Waals surface area contributed by atoms with Crippen molar-refractivity contribution in [1.82, 2.24) is 0 Å². The highest BCUT2D eigenvalue weighted by atomic mass is 16.5. The molecule has 0 saturated heterocycles. The largest absolute Gasteiger partial charge is 0.497 e. The highest BCUT2D eigenvalue weighted by molar-refractivity contribution is 5.34. The van der Waals surface area contributed by atoms with Gasteiger partial charge in [-0.1, -0.05) is 25.0 Å². The van der Waals surface area contributed by atoms with E-state index >= 15 is 0 Å². The first kappa shape index (κ1) is 11.9. The molecule has 90 valence electrons. The molecule has 1 aliphatic carbocycles. The molecule has 1 N–H and O–H groups in total. The Morgan fingerprint density at radius 2 is 2.29 bits per heavy atom. The van der Waals surface area contributed by atoms with Crippen LogP contribution < -0.4 is 4.74 Å². The topological polar surface area (TPSA) is 53.2 Å². The van der Waals surface area contributed by atoms with Crippen LogP contribution >= 0.6 is 0 Å². The molecule has 0 heterocycles. The fourth-order valence-corrected chi connectivity index (χ4v) is 2.57. The highest BCUT2D eigenvalue weighted by Gasteiger charge is 2.40. The van der Waals surface area contributed by atoms with Gasteiger partial charge in [-0.15, -0.1) is 0 Å². The van der Waals surface area contributed by atoms with Gasteiger partial charge in [0, 0.05) is 0 Å². The zero-order chi connectivity index (χ0) is 12.3. The number of ether oxygens (including phenoxy) is 1. The fraction of sp³-hybridized carbons (Fsp3) is 0.500. The van der Waals surface area contributed by atoms with Gasteiger partial charge in [0.25, 0.3) is 0 Å². The Morgan fingerprint density at radius 3 is 3.00 bits per heavy atom. The summed E-state index contributed by atoms with van der Waals surface area (Å²) in [6, 6.07) is 9.64. The monoisotopic (exact) mass is 231 g/mol. The Balaban J connectivity index is 2.38. The number of methoxy groups -OCH3 is 1. The minimum absolute atomic E-state index is 0.316. The molecular formula is C14H17NO2. The molecule has 3 heteroatoms. The van der Waals surface area contributed by atoms with E-state index in [0.29, 0.717) is 6.42 Å². The predicted molar refractivity (Wildman–Crippen MR) is 64.5 cm³/mol. The number of aliphatic hydroxyl groups is 1. The summed E-state index contributed by atoms with van der Waals surface area (Å²) in [6.45, 7) is 0. The van der Waals surface area contributed by atoms with Crippen molar-refractivity contribution in [2.75, 3.05) is 7.11 Å². The van der Waals surface area contributed by atoms with Gasteiger partial charge in [-0.25, -0.2) is 0 Å². The van der Waals surface area contributed by atoms with Crippen molar-refractivity contribution in [2.45, 2.75) is 31.3 Å². The Morgan fingerprint density at radius 1 is 1.47 bits per heavy atom. The lowest BCUT2D eigenvalue weighted by Gasteiger charge is -2.36. The minimum Gasteiger partial charge on any atom is -0.497 e. The summed E-state index contributed by atoms with van der Waals surface area (Å²) < 4.78 is 5.17. The van der Waals surface area contributed by atoms with Crippen LogP contribution in [0.15, 0.2) is 24.3 Å². The first-order chi connectivity index (χ1) is 8.20. The lowest BCUT2D eigenvalue weighted by atomic mass is 9.72. The number of hydrogen-bond acceptors (Lipinski definition) is 3. The molecule has 3 nitrogen and oxygen atoms in total. The smallest absolute Gasteiger partial charge is 0.119 e. The number of benzene rings is 1. The molecule has 17 heavy (non-hydrogen) atoms. The van der Waals surface area contributed by atoms with E-state index in [-0.39, 0.29) is 5.92 Å². The van der Waals surface area contributed by atoms with E-state index in [4.69, 9.17) is 4.74 Å². The van der Waals surface area contributed by atoms with E-state index in [9.17, 15) is 10.4 Å². The Kier molecular flexibility index (Phi) is 3.35. The molecule has 1 fully saturated rings. The van der Waals surface area contributed by atoms with Crippen LogP contribution in [0.5, 0.6) is 5.75 Å². The molecule has 0 bridgehead atoms. The number of nitrogens with zero attached hydrogens (tertiary/aromatic N) is 1. The molecule has 1 aromatic rings. The maximum atomic E-state index is 10.7. The van der Waals surface area contributed by atoms with Gasteiger partial charge in [-0.05, 0) is 30.5 Å². The van der Waals surface area contributed by atoms with Gasteiger partial charge in [0.2, 0.25) is 0 Å². The first-order valence-electron chi connectivity index (χ1n) is 5.97. The van der Waals surface area contributed by atoms with Gasteiger partial charge in [0.15, 0.2) is 0 Å². The van der Waals surface area contributed by atoms with Crippen LogP contribution in [0.2, 0.25) is 0 Å². The zero-order valence-corrected chi connectivity index (χ0v) is 10.0. The lowest BCUT2D eigenvalue weighted by Crippen LogP contribution is -2.37. The van der Waals surface area contributed by atoms with Crippen molar-refractivity contribution >= 4 is 0 Å². The summed E-state index contributed by atoms with van der Waals surface area (Å²) in [5.74, 6) is 0.404. The quantitative estimate of drug-likeness (QED) is 0.851. The highest BCUT2D eigenvalue weighted by Crippen LogP contribution is 2.42. The molecule has 2 atom stereocenters. The summed E-state index contributed by atoms with van der Waals surface area (Å²) in [5, 5.41) is 19.9. The molecule has 0 aromatic heterocycles. The number of hydrogen-bond donors (Lipinski definition) is 1. The third-order valence-corrected chi connectivity index (χ3v) is 3.60. The van der Waals surface area contributed by atoms with Crippen molar-refractivity contribution in [1.29, 1.82) is 5.26 Å². The molecule has 1 aromatic carbocycles. The molecule has 0 aliphatic heterocycles. The maximum Gasteiger partial charge on any atom is 0.119 e. The Labute approximate surface area is 102 Å². The van der Waals surface area contributed by atoms with Crippen LogP contribution in [0.3, 0.4) is 0 Å². The average molecular weight is 231 g/mol. The van der Waals surface area contributed by atoms with E-state index in [0.717, 1.165) is 30.6 Å². The van der Waals surface area contributed by atoms with Crippen molar-refractivity contribution in [3.63, 3.8) is 0 Å². The van der Waals surface area contributed by atoms with Gasteiger partial charge in [0.1, 0.15) is 11.4 Å². The molecule has 0 spiro atoms. The first-order valence-corrected chi connectivity index (χ1v) is 5.97. The van der Waals surface area contributed by atoms with E-state index in [1.165, 1.54) is 0 Å². The lowest BCUT2D eigenvalue weighted by molar-refractivity contribution is -0.0325. The van der Waals surface area contributed by atoms with E-state index in [2.05, 4.69) is 6.07 Å². The Bertz CT molecular complexity index is 438. The van der Waals surface area contributed by atoms with Crippen molar-refractivity contribution in [3.8, 4) is 11.8 Å². The maximum absolute atomic E-state index is 10.7. The standard InChI is InChI=1S/C14H17NO2/c1-17-13-7-4-6-11(9-13)14(16)8-3-2-5-12(14)10-15/h4,6-7,9,12,16H,2-3,5,8H2,1H3/t12-,14-/m1/s1. The normalized spacial score (nSPS) is 28.4. The second-order valence-electron chi connectivity index (χ2n) is 4.58. The van der Waals surface area contributed by atoms with Gasteiger partial charge < -0.3 is 9.84 Å². The van der Waals surface area contributed by atoms with Gasteiger partial charge in [0.05, 0.1) is 19.1 Å². The van der Waals surface area contributed by atoms with Crippen LogP contribution in [0.4, 0.5) is 0 Å². The molecule has 0 radical (unpaired) electrons. The molecule has 1 aliphatic rings. The number of rotatable bonds is 2. The summed E-state index contributed by atoms with van der Waals surface area (Å²) >= 11 is 0. The predicted octanol–water partition coefficient (Wildman–Crippen LogP) is 2.60. The average Bonchev–Trinajstić information content (AvgIpc) is 2.39. The SMILES string of the molecule is COc1cccc([C@]2(O)CCCC[C@@H]2C#N)c1. The third kappa shape index (κ3) is 2.13. The van der Waals surface area contributed by atoms with E-state index < -0.39 is 5.60 Å².